The van der Waals surface area contributed by atoms with Crippen LogP contribution in [0.4, 0.5) is 0 Å². The fourth-order valence-corrected chi connectivity index (χ4v) is 2.53. The van der Waals surface area contributed by atoms with Gasteiger partial charge in [0, 0.05) is 58.8 Å². The molecule has 0 saturated carbocycles. The molecule has 2 heterocycles. The maximum Gasteiger partial charge on any atom is 0.331 e. The van der Waals surface area contributed by atoms with Gasteiger partial charge in [-0.3, -0.25) is 9.69 Å². The lowest BCUT2D eigenvalue weighted by atomic mass is 10.1. The summed E-state index contributed by atoms with van der Waals surface area (Å²) in [6.45, 7) is 6.97. The van der Waals surface area contributed by atoms with Gasteiger partial charge in [0.1, 0.15) is 6.04 Å². The summed E-state index contributed by atoms with van der Waals surface area (Å²) < 4.78 is 4.75. The molecule has 0 bridgehead atoms. The molecule has 1 unspecified atom stereocenters. The second-order valence-corrected chi connectivity index (χ2v) is 5.13. The van der Waals surface area contributed by atoms with Crippen LogP contribution < -0.4 is 16.0 Å². The average molecular weight is 284 g/mol. The number of carbonyl (C=O) groups is 2. The highest BCUT2D eigenvalue weighted by Crippen LogP contribution is 2.15. The summed E-state index contributed by atoms with van der Waals surface area (Å²) >= 11 is 0. The second kappa shape index (κ2) is 8.31. The quantitative estimate of drug-likeness (QED) is 0.391. The number of cyclic esters (lactones) is 2. The lowest BCUT2D eigenvalue weighted by molar-refractivity contribution is -0.168. The molecule has 2 rings (SSSR count). The molecule has 2 saturated heterocycles. The predicted molar refractivity (Wildman–Crippen MR) is 74.3 cm³/mol. The SMILES string of the molecule is O=C1CCC(N2CCNCCNCCNCC2)C(=O)O1. The molecule has 3 N–H and O–H groups in total. The summed E-state index contributed by atoms with van der Waals surface area (Å²) in [5, 5.41) is 10.0. The van der Waals surface area contributed by atoms with Gasteiger partial charge in [-0.15, -0.1) is 0 Å². The molecule has 0 spiro atoms. The van der Waals surface area contributed by atoms with Crippen molar-refractivity contribution in [1.82, 2.24) is 20.9 Å². The van der Waals surface area contributed by atoms with Crippen molar-refractivity contribution >= 4 is 11.9 Å². The van der Waals surface area contributed by atoms with Gasteiger partial charge in [0.25, 0.3) is 0 Å². The van der Waals surface area contributed by atoms with Crippen molar-refractivity contribution in [2.24, 2.45) is 0 Å². The van der Waals surface area contributed by atoms with Crippen LogP contribution in [-0.2, 0) is 14.3 Å². The molecule has 0 aliphatic carbocycles. The normalized spacial score (nSPS) is 28.3. The zero-order valence-corrected chi connectivity index (χ0v) is 11.8. The van der Waals surface area contributed by atoms with Crippen molar-refractivity contribution in [2.45, 2.75) is 18.9 Å². The Morgan fingerprint density at radius 2 is 1.45 bits per heavy atom. The Hall–Kier alpha value is -1.02. The lowest BCUT2D eigenvalue weighted by Gasteiger charge is -2.32. The summed E-state index contributed by atoms with van der Waals surface area (Å²) in [4.78, 5) is 25.1. The highest BCUT2D eigenvalue weighted by molar-refractivity contribution is 5.91. The molecule has 2 aliphatic heterocycles. The van der Waals surface area contributed by atoms with Gasteiger partial charge in [0.05, 0.1) is 0 Å². The molecule has 2 aliphatic rings. The number of esters is 2. The number of hydrogen-bond donors (Lipinski definition) is 3. The van der Waals surface area contributed by atoms with Crippen LogP contribution in [0.2, 0.25) is 0 Å². The van der Waals surface area contributed by atoms with Crippen molar-refractivity contribution in [3.63, 3.8) is 0 Å². The summed E-state index contributed by atoms with van der Waals surface area (Å²) in [7, 11) is 0. The van der Waals surface area contributed by atoms with Crippen LogP contribution in [0.1, 0.15) is 12.8 Å². The minimum atomic E-state index is -0.400. The van der Waals surface area contributed by atoms with Crippen LogP contribution in [0.25, 0.3) is 0 Å². The Bertz CT molecular complexity index is 326. The Morgan fingerprint density at radius 1 is 0.900 bits per heavy atom. The van der Waals surface area contributed by atoms with Crippen molar-refractivity contribution in [3.8, 4) is 0 Å². The third-order valence-corrected chi connectivity index (χ3v) is 3.66. The van der Waals surface area contributed by atoms with Gasteiger partial charge in [-0.1, -0.05) is 0 Å². The molecule has 0 amide bonds. The van der Waals surface area contributed by atoms with Crippen LogP contribution in [0, 0.1) is 0 Å². The predicted octanol–water partition coefficient (Wildman–Crippen LogP) is -1.70. The maximum atomic E-state index is 11.8. The van der Waals surface area contributed by atoms with Gasteiger partial charge in [-0.25, -0.2) is 4.79 Å². The van der Waals surface area contributed by atoms with Crippen LogP contribution in [-0.4, -0.2) is 75.2 Å². The van der Waals surface area contributed by atoms with Gasteiger partial charge in [0.2, 0.25) is 0 Å². The molecular formula is C13H24N4O3. The topological polar surface area (TPSA) is 82.7 Å². The summed E-state index contributed by atoms with van der Waals surface area (Å²) in [6.07, 6.45) is 0.900. The molecule has 0 aromatic carbocycles. The van der Waals surface area contributed by atoms with Gasteiger partial charge < -0.3 is 20.7 Å². The Morgan fingerprint density at radius 3 is 2.00 bits per heavy atom. The molecule has 114 valence electrons. The maximum absolute atomic E-state index is 11.8. The highest BCUT2D eigenvalue weighted by atomic mass is 16.6. The van der Waals surface area contributed by atoms with Crippen LogP contribution in [0.3, 0.4) is 0 Å². The molecule has 2 fully saturated rings. The third-order valence-electron chi connectivity index (χ3n) is 3.66. The van der Waals surface area contributed by atoms with Crippen molar-refractivity contribution in [3.05, 3.63) is 0 Å². The number of rotatable bonds is 1. The largest absolute Gasteiger partial charge is 0.392 e. The zero-order chi connectivity index (χ0) is 14.2. The first-order chi connectivity index (χ1) is 9.77. The van der Waals surface area contributed by atoms with E-state index in [-0.39, 0.29) is 6.04 Å². The zero-order valence-electron chi connectivity index (χ0n) is 11.8. The number of nitrogens with one attached hydrogen (secondary N) is 3. The minimum absolute atomic E-state index is 0.280. The van der Waals surface area contributed by atoms with E-state index in [2.05, 4.69) is 20.9 Å². The van der Waals surface area contributed by atoms with E-state index in [4.69, 9.17) is 4.74 Å². The first kappa shape index (κ1) is 15.4. The monoisotopic (exact) mass is 284 g/mol. The summed E-state index contributed by atoms with van der Waals surface area (Å²) in [6, 6.07) is -0.280. The van der Waals surface area contributed by atoms with Crippen molar-refractivity contribution in [2.75, 3.05) is 52.4 Å². The van der Waals surface area contributed by atoms with E-state index in [1.165, 1.54) is 0 Å². The van der Waals surface area contributed by atoms with E-state index in [9.17, 15) is 9.59 Å². The summed E-state index contributed by atoms with van der Waals surface area (Å²) in [5.41, 5.74) is 0. The van der Waals surface area contributed by atoms with Gasteiger partial charge >= 0.3 is 11.9 Å². The van der Waals surface area contributed by atoms with E-state index >= 15 is 0 Å². The van der Waals surface area contributed by atoms with E-state index in [0.29, 0.717) is 12.8 Å². The molecule has 7 nitrogen and oxygen atoms in total. The highest BCUT2D eigenvalue weighted by Gasteiger charge is 2.33. The molecular weight excluding hydrogens is 260 g/mol. The first-order valence-corrected chi connectivity index (χ1v) is 7.38. The second-order valence-electron chi connectivity index (χ2n) is 5.13. The van der Waals surface area contributed by atoms with Crippen molar-refractivity contribution < 1.29 is 14.3 Å². The lowest BCUT2D eigenvalue weighted by Crippen LogP contribution is -2.51. The van der Waals surface area contributed by atoms with E-state index in [0.717, 1.165) is 52.4 Å². The first-order valence-electron chi connectivity index (χ1n) is 7.38. The molecule has 7 heteroatoms. The van der Waals surface area contributed by atoms with E-state index in [1.54, 1.807) is 0 Å². The van der Waals surface area contributed by atoms with Gasteiger partial charge in [0.15, 0.2) is 0 Å². The van der Waals surface area contributed by atoms with Crippen LogP contribution in [0.5, 0.6) is 0 Å². The molecule has 20 heavy (non-hydrogen) atoms. The minimum Gasteiger partial charge on any atom is -0.392 e. The van der Waals surface area contributed by atoms with Gasteiger partial charge in [-0.2, -0.15) is 0 Å². The average Bonchev–Trinajstić information content (AvgIpc) is 2.40. The molecule has 0 aromatic rings. The number of carbonyl (C=O) groups excluding carboxylic acids is 2. The molecule has 0 aromatic heterocycles. The van der Waals surface area contributed by atoms with Crippen molar-refractivity contribution in [1.29, 1.82) is 0 Å². The van der Waals surface area contributed by atoms with Crippen LogP contribution >= 0.6 is 0 Å². The Balaban J connectivity index is 1.87. The summed E-state index contributed by atoms with van der Waals surface area (Å²) in [5.74, 6) is -0.794. The fraction of sp³-hybridized carbons (Fsp3) is 0.846. The third kappa shape index (κ3) is 4.82. The number of ether oxygens (including phenoxy) is 1. The molecule has 0 radical (unpaired) electrons. The smallest absolute Gasteiger partial charge is 0.331 e. The van der Waals surface area contributed by atoms with E-state index < -0.39 is 11.9 Å². The van der Waals surface area contributed by atoms with E-state index in [1.807, 2.05) is 0 Å². The number of hydrogen-bond acceptors (Lipinski definition) is 7. The van der Waals surface area contributed by atoms with Gasteiger partial charge in [-0.05, 0) is 6.42 Å². The number of nitrogens with zero attached hydrogens (tertiary/aromatic N) is 1. The van der Waals surface area contributed by atoms with Crippen LogP contribution in [0.15, 0.2) is 0 Å². The molecule has 1 atom stereocenters. The Labute approximate surface area is 119 Å². The Kier molecular flexibility index (Phi) is 6.38. The standard InChI is InChI=1S/C13H24N4O3/c18-12-2-1-11(13(19)20-12)17-9-7-15-5-3-14-4-6-16-8-10-17/h11,14-16H,1-10H2. The fourth-order valence-electron chi connectivity index (χ4n) is 2.53.